The van der Waals surface area contributed by atoms with Gasteiger partial charge in [-0.05, 0) is 22.0 Å². The first-order chi connectivity index (χ1) is 9.13. The van der Waals surface area contributed by atoms with Crippen LogP contribution in [0.1, 0.15) is 0 Å². The second kappa shape index (κ2) is 4.51. The summed E-state index contributed by atoms with van der Waals surface area (Å²) >= 11 is 3.27. The Bertz CT molecular complexity index is 807. The molecule has 3 aromatic heterocycles. The molecule has 0 unspecified atom stereocenters. The summed E-state index contributed by atoms with van der Waals surface area (Å²) < 4.78 is 3.95. The molecule has 7 heteroatoms. The third-order valence-electron chi connectivity index (χ3n) is 2.70. The van der Waals surface area contributed by atoms with E-state index in [1.54, 1.807) is 19.4 Å². The number of hydrogen-bond acceptors (Lipinski definition) is 4. The Labute approximate surface area is 116 Å². The number of fused-ring (bicyclic) bond motifs is 1. The normalized spacial score (nSPS) is 10.8. The average molecular weight is 320 g/mol. The third-order valence-corrected chi connectivity index (χ3v) is 3.08. The van der Waals surface area contributed by atoms with Crippen LogP contribution in [-0.2, 0) is 7.05 Å². The molecular weight excluding hydrogens is 310 g/mol. The molecule has 0 aliphatic rings. The number of nitrogens with one attached hydrogen (secondary N) is 1. The van der Waals surface area contributed by atoms with Crippen LogP contribution in [0, 0.1) is 0 Å². The highest BCUT2D eigenvalue weighted by Crippen LogP contribution is 2.15. The summed E-state index contributed by atoms with van der Waals surface area (Å²) in [6, 6.07) is 3.71. The zero-order valence-electron chi connectivity index (χ0n) is 10.0. The van der Waals surface area contributed by atoms with E-state index in [9.17, 15) is 4.79 Å². The Hall–Kier alpha value is -2.15. The van der Waals surface area contributed by atoms with Crippen LogP contribution in [0.2, 0.25) is 0 Å². The van der Waals surface area contributed by atoms with Gasteiger partial charge in [0.15, 0.2) is 5.82 Å². The number of pyridine rings is 1. The SMILES string of the molecule is Cn1cc(Br)nc(Nc2ccn3ccnc3c2)c1=O. The minimum Gasteiger partial charge on any atom is -0.335 e. The summed E-state index contributed by atoms with van der Waals surface area (Å²) in [5.74, 6) is 0.271. The predicted molar refractivity (Wildman–Crippen MR) is 75.7 cm³/mol. The van der Waals surface area contributed by atoms with E-state index in [0.29, 0.717) is 4.60 Å². The molecule has 96 valence electrons. The smallest absolute Gasteiger partial charge is 0.293 e. The Balaban J connectivity index is 2.03. The molecule has 0 bridgehead atoms. The number of anilines is 2. The fraction of sp³-hybridized carbons (Fsp3) is 0.0833. The van der Waals surface area contributed by atoms with Gasteiger partial charge in [-0.3, -0.25) is 4.79 Å². The first-order valence-electron chi connectivity index (χ1n) is 5.56. The molecule has 0 amide bonds. The van der Waals surface area contributed by atoms with Gasteiger partial charge in [0.2, 0.25) is 0 Å². The number of nitrogens with zero attached hydrogens (tertiary/aromatic N) is 4. The number of hydrogen-bond donors (Lipinski definition) is 1. The maximum Gasteiger partial charge on any atom is 0.293 e. The molecule has 0 aromatic carbocycles. The molecule has 0 spiro atoms. The zero-order chi connectivity index (χ0) is 13.4. The molecule has 0 radical (unpaired) electrons. The van der Waals surface area contributed by atoms with Crippen molar-refractivity contribution in [2.45, 2.75) is 0 Å². The van der Waals surface area contributed by atoms with Crippen LogP contribution in [0.3, 0.4) is 0 Å². The average Bonchev–Trinajstić information content (AvgIpc) is 2.82. The molecule has 0 atom stereocenters. The molecule has 0 saturated heterocycles. The zero-order valence-corrected chi connectivity index (χ0v) is 11.6. The second-order valence-electron chi connectivity index (χ2n) is 4.06. The van der Waals surface area contributed by atoms with E-state index in [4.69, 9.17) is 0 Å². The molecule has 6 nitrogen and oxygen atoms in total. The van der Waals surface area contributed by atoms with Crippen molar-refractivity contribution < 1.29 is 0 Å². The lowest BCUT2D eigenvalue weighted by molar-refractivity contribution is 0.837. The van der Waals surface area contributed by atoms with Crippen molar-refractivity contribution in [2.75, 3.05) is 5.32 Å². The highest BCUT2D eigenvalue weighted by Gasteiger charge is 2.06. The van der Waals surface area contributed by atoms with Gasteiger partial charge in [-0.15, -0.1) is 0 Å². The topological polar surface area (TPSA) is 64.2 Å². The lowest BCUT2D eigenvalue weighted by atomic mass is 10.4. The summed E-state index contributed by atoms with van der Waals surface area (Å²) in [4.78, 5) is 20.3. The van der Waals surface area contributed by atoms with E-state index in [1.165, 1.54) is 4.57 Å². The Kier molecular flexibility index (Phi) is 2.83. The minimum absolute atomic E-state index is 0.189. The molecule has 3 heterocycles. The predicted octanol–water partition coefficient (Wildman–Crippen LogP) is 1.93. The van der Waals surface area contributed by atoms with Crippen molar-refractivity contribution >= 4 is 33.1 Å². The first kappa shape index (κ1) is 11.9. The van der Waals surface area contributed by atoms with Crippen molar-refractivity contribution in [3.8, 4) is 0 Å². The van der Waals surface area contributed by atoms with Crippen molar-refractivity contribution in [2.24, 2.45) is 7.05 Å². The summed E-state index contributed by atoms with van der Waals surface area (Å²) in [7, 11) is 1.68. The summed E-state index contributed by atoms with van der Waals surface area (Å²) in [6.07, 6.45) is 7.06. The van der Waals surface area contributed by atoms with Crippen LogP contribution in [-0.4, -0.2) is 18.9 Å². The molecule has 0 aliphatic heterocycles. The quantitative estimate of drug-likeness (QED) is 0.784. The summed E-state index contributed by atoms with van der Waals surface area (Å²) in [5, 5.41) is 3.01. The van der Waals surface area contributed by atoms with Crippen LogP contribution in [0.25, 0.3) is 5.65 Å². The highest BCUT2D eigenvalue weighted by atomic mass is 79.9. The van der Waals surface area contributed by atoms with Crippen LogP contribution >= 0.6 is 15.9 Å². The maximum atomic E-state index is 11.9. The molecule has 0 saturated carbocycles. The van der Waals surface area contributed by atoms with E-state index in [0.717, 1.165) is 11.3 Å². The number of aromatic nitrogens is 4. The van der Waals surface area contributed by atoms with Gasteiger partial charge in [0.05, 0.1) is 0 Å². The lowest BCUT2D eigenvalue weighted by Gasteiger charge is -2.07. The van der Waals surface area contributed by atoms with Crippen molar-refractivity contribution in [1.82, 2.24) is 18.9 Å². The fourth-order valence-electron chi connectivity index (χ4n) is 1.78. The second-order valence-corrected chi connectivity index (χ2v) is 4.87. The van der Waals surface area contributed by atoms with Gasteiger partial charge in [0, 0.05) is 43.6 Å². The van der Waals surface area contributed by atoms with Crippen LogP contribution in [0.5, 0.6) is 0 Å². The molecule has 0 fully saturated rings. The Morgan fingerprint density at radius 2 is 2.21 bits per heavy atom. The van der Waals surface area contributed by atoms with Crippen LogP contribution in [0.15, 0.2) is 46.3 Å². The standard InChI is InChI=1S/C12H10BrN5O/c1-17-7-9(13)16-11(12(17)19)15-8-2-4-18-5-3-14-10(18)6-8/h2-7H,1H3,(H,15,16). The maximum absolute atomic E-state index is 11.9. The summed E-state index contributed by atoms with van der Waals surface area (Å²) in [5.41, 5.74) is 1.38. The van der Waals surface area contributed by atoms with Crippen molar-refractivity contribution in [3.05, 3.63) is 51.9 Å². The number of halogens is 1. The van der Waals surface area contributed by atoms with Crippen molar-refractivity contribution in [3.63, 3.8) is 0 Å². The number of imidazole rings is 1. The third kappa shape index (κ3) is 2.24. The molecule has 19 heavy (non-hydrogen) atoms. The van der Waals surface area contributed by atoms with Gasteiger partial charge in [0.1, 0.15) is 10.3 Å². The highest BCUT2D eigenvalue weighted by molar-refractivity contribution is 9.10. The van der Waals surface area contributed by atoms with Gasteiger partial charge in [-0.1, -0.05) is 0 Å². The van der Waals surface area contributed by atoms with Gasteiger partial charge in [0.25, 0.3) is 5.56 Å². The van der Waals surface area contributed by atoms with Crippen LogP contribution < -0.4 is 10.9 Å². The Morgan fingerprint density at radius 1 is 1.37 bits per heavy atom. The van der Waals surface area contributed by atoms with Crippen molar-refractivity contribution in [1.29, 1.82) is 0 Å². The molecule has 0 aliphatic carbocycles. The van der Waals surface area contributed by atoms with Gasteiger partial charge in [-0.2, -0.15) is 0 Å². The monoisotopic (exact) mass is 319 g/mol. The largest absolute Gasteiger partial charge is 0.335 e. The molecule has 3 aromatic rings. The van der Waals surface area contributed by atoms with Crippen LogP contribution in [0.4, 0.5) is 11.5 Å². The van der Waals surface area contributed by atoms with Gasteiger partial charge >= 0.3 is 0 Å². The molecule has 3 rings (SSSR count). The first-order valence-corrected chi connectivity index (χ1v) is 6.36. The van der Waals surface area contributed by atoms with E-state index >= 15 is 0 Å². The van der Waals surface area contributed by atoms with E-state index in [1.807, 2.05) is 28.9 Å². The molecule has 1 N–H and O–H groups in total. The fourth-order valence-corrected chi connectivity index (χ4v) is 2.26. The lowest BCUT2D eigenvalue weighted by Crippen LogP contribution is -2.21. The van der Waals surface area contributed by atoms with E-state index in [2.05, 4.69) is 31.2 Å². The Morgan fingerprint density at radius 3 is 3.05 bits per heavy atom. The van der Waals surface area contributed by atoms with Gasteiger partial charge < -0.3 is 14.3 Å². The number of rotatable bonds is 2. The van der Waals surface area contributed by atoms with Gasteiger partial charge in [-0.25, -0.2) is 9.97 Å². The van der Waals surface area contributed by atoms with E-state index in [-0.39, 0.29) is 11.4 Å². The molecular formula is C12H10BrN5O. The number of aryl methyl sites for hydroxylation is 1. The minimum atomic E-state index is -0.189. The summed E-state index contributed by atoms with van der Waals surface area (Å²) in [6.45, 7) is 0. The van der Waals surface area contributed by atoms with E-state index < -0.39 is 0 Å².